The number of carbonyl (C=O) groups is 2. The largest absolute Gasteiger partial charge is 0.497 e. The number of alkyl halides is 3. The number of anilines is 1. The Balaban J connectivity index is 1.77. The van der Waals surface area contributed by atoms with Gasteiger partial charge in [0.2, 0.25) is 0 Å². The van der Waals surface area contributed by atoms with Gasteiger partial charge in [-0.15, -0.1) is 0 Å². The Kier molecular flexibility index (Phi) is 6.80. The number of rotatable bonds is 6. The molecule has 3 aromatic rings. The summed E-state index contributed by atoms with van der Waals surface area (Å²) in [6.45, 7) is 1.49. The summed E-state index contributed by atoms with van der Waals surface area (Å²) >= 11 is 6.29. The fraction of sp³-hybridized carbons (Fsp3) is 0.241. The van der Waals surface area contributed by atoms with Gasteiger partial charge in [0.05, 0.1) is 37.4 Å². The summed E-state index contributed by atoms with van der Waals surface area (Å²) in [6, 6.07) is 17.9. The van der Waals surface area contributed by atoms with Crippen LogP contribution in [0.25, 0.3) is 0 Å². The maximum absolute atomic E-state index is 15.6. The summed E-state index contributed by atoms with van der Waals surface area (Å²) in [5, 5.41) is 0.0625. The van der Waals surface area contributed by atoms with Crippen molar-refractivity contribution in [2.45, 2.75) is 31.1 Å². The lowest BCUT2D eigenvalue weighted by molar-refractivity contribution is -0.223. The van der Waals surface area contributed by atoms with Crippen molar-refractivity contribution in [3.8, 4) is 5.75 Å². The van der Waals surface area contributed by atoms with Crippen molar-refractivity contribution in [3.63, 3.8) is 0 Å². The topological polar surface area (TPSA) is 59.1 Å². The molecule has 2 aliphatic heterocycles. The first kappa shape index (κ1) is 26.6. The predicted molar refractivity (Wildman–Crippen MR) is 139 cm³/mol. The summed E-state index contributed by atoms with van der Waals surface area (Å²) in [7, 11) is 1.52. The molecule has 0 fully saturated rings. The molecular weight excluding hydrogens is 533 g/mol. The smallest absolute Gasteiger partial charge is 0.417 e. The van der Waals surface area contributed by atoms with Crippen molar-refractivity contribution in [2.24, 2.45) is 0 Å². The predicted octanol–water partition coefficient (Wildman–Crippen LogP) is 6.79. The van der Waals surface area contributed by atoms with Crippen molar-refractivity contribution in [1.82, 2.24) is 4.90 Å². The number of amides is 2. The lowest BCUT2D eigenvalue weighted by Crippen LogP contribution is -2.63. The zero-order chi connectivity index (χ0) is 27.9. The third-order valence-corrected chi connectivity index (χ3v) is 7.29. The Morgan fingerprint density at radius 3 is 2.36 bits per heavy atom. The van der Waals surface area contributed by atoms with Crippen LogP contribution < -0.4 is 9.64 Å². The van der Waals surface area contributed by atoms with Gasteiger partial charge < -0.3 is 9.47 Å². The summed E-state index contributed by atoms with van der Waals surface area (Å²) in [6.07, 6.45) is -4.03. The number of urea groups is 1. The highest BCUT2D eigenvalue weighted by molar-refractivity contribution is 6.30. The van der Waals surface area contributed by atoms with E-state index < -0.39 is 29.6 Å². The van der Waals surface area contributed by atoms with Gasteiger partial charge in [0.1, 0.15) is 5.75 Å². The molecule has 0 saturated carbocycles. The number of hydrogen-bond acceptors (Lipinski definition) is 4. The molecule has 3 aromatic carbocycles. The van der Waals surface area contributed by atoms with Gasteiger partial charge in [-0.3, -0.25) is 9.80 Å². The Hall–Kier alpha value is -3.98. The maximum Gasteiger partial charge on any atom is 0.417 e. The lowest BCUT2D eigenvalue weighted by atomic mass is 9.70. The summed E-state index contributed by atoms with van der Waals surface area (Å²) in [4.78, 5) is 29.0. The van der Waals surface area contributed by atoms with E-state index in [1.165, 1.54) is 42.3 Å². The molecule has 0 radical (unpaired) electrons. The minimum atomic E-state index is -5.01. The van der Waals surface area contributed by atoms with Crippen LogP contribution in [0.3, 0.4) is 0 Å². The van der Waals surface area contributed by atoms with Gasteiger partial charge in [-0.05, 0) is 48.4 Å². The summed E-state index contributed by atoms with van der Waals surface area (Å²) < 4.78 is 57.2. The number of carbonyl (C=O) groups excluding carboxylic acids is 2. The number of fused-ring (bicyclic) bond motifs is 3. The Morgan fingerprint density at radius 2 is 1.74 bits per heavy atom. The van der Waals surface area contributed by atoms with Crippen molar-refractivity contribution in [2.75, 3.05) is 18.6 Å². The lowest BCUT2D eigenvalue weighted by Gasteiger charge is -2.50. The van der Waals surface area contributed by atoms with Crippen LogP contribution in [0.1, 0.15) is 29.5 Å². The first-order valence-corrected chi connectivity index (χ1v) is 12.6. The Morgan fingerprint density at radius 1 is 1.05 bits per heavy atom. The van der Waals surface area contributed by atoms with Gasteiger partial charge >= 0.3 is 18.2 Å². The second kappa shape index (κ2) is 9.96. The number of benzene rings is 3. The normalized spacial score (nSPS) is 20.3. The van der Waals surface area contributed by atoms with Crippen LogP contribution in [0.2, 0.25) is 5.02 Å². The number of nitrogens with zero attached hydrogens (tertiary/aromatic N) is 2. The number of hydrogen-bond donors (Lipinski definition) is 0. The first-order valence-electron chi connectivity index (χ1n) is 12.2. The highest BCUT2D eigenvalue weighted by atomic mass is 35.5. The van der Waals surface area contributed by atoms with E-state index in [2.05, 4.69) is 0 Å². The number of methoxy groups -OCH3 is 1. The summed E-state index contributed by atoms with van der Waals surface area (Å²) in [5.74, 6) is -1.93. The second-order valence-electron chi connectivity index (χ2n) is 9.16. The monoisotopic (exact) mass is 556 g/mol. The van der Waals surface area contributed by atoms with Gasteiger partial charge in [-0.1, -0.05) is 54.1 Å². The zero-order valence-electron chi connectivity index (χ0n) is 21.0. The van der Waals surface area contributed by atoms with Crippen LogP contribution in [-0.4, -0.2) is 36.8 Å². The molecule has 2 heterocycles. The highest BCUT2D eigenvalue weighted by Gasteiger charge is 2.72. The van der Waals surface area contributed by atoms with Crippen molar-refractivity contribution in [1.29, 1.82) is 0 Å². The highest BCUT2D eigenvalue weighted by Crippen LogP contribution is 2.63. The van der Waals surface area contributed by atoms with E-state index in [1.807, 2.05) is 0 Å². The standard InChI is InChI=1S/C29H24ClF3N2O4/c1-3-39-26(36)22-17-35-27(37)34(16-18-9-12-21(38-2)13-10-18)24-14-11-20(30)15-23(24)28(35,29(31,32)33)25(22)19-7-5-4-6-8-19/h4-15,17,25H,3,16H2,1-2H3/t25-,28-/m1/s1. The molecule has 0 N–H and O–H groups in total. The molecule has 0 unspecified atom stereocenters. The summed E-state index contributed by atoms with van der Waals surface area (Å²) in [5.41, 5.74) is -2.53. The molecule has 202 valence electrons. The van der Waals surface area contributed by atoms with Crippen molar-refractivity contribution in [3.05, 3.63) is 106 Å². The van der Waals surface area contributed by atoms with E-state index >= 15 is 13.2 Å². The number of ether oxygens (including phenoxy) is 2. The third-order valence-electron chi connectivity index (χ3n) is 7.05. The quantitative estimate of drug-likeness (QED) is 0.314. The fourth-order valence-electron chi connectivity index (χ4n) is 5.42. The molecule has 0 aromatic heterocycles. The van der Waals surface area contributed by atoms with Gasteiger partial charge in [0, 0.05) is 16.8 Å². The van der Waals surface area contributed by atoms with E-state index in [1.54, 1.807) is 49.4 Å². The zero-order valence-corrected chi connectivity index (χ0v) is 21.8. The Bertz CT molecular complexity index is 1440. The molecule has 2 aliphatic rings. The van der Waals surface area contributed by atoms with Gasteiger partial charge in [0.25, 0.3) is 0 Å². The second-order valence-corrected chi connectivity index (χ2v) is 9.60. The average molecular weight is 557 g/mol. The SMILES string of the molecule is CCOC(=O)C1=CN2C(=O)N(Cc3ccc(OC)cc3)c3ccc(Cl)cc3[C@]2(C(F)(F)F)[C@@H]1c1ccccc1. The van der Waals surface area contributed by atoms with Gasteiger partial charge in [0.15, 0.2) is 5.54 Å². The molecule has 6 nitrogen and oxygen atoms in total. The van der Waals surface area contributed by atoms with E-state index in [9.17, 15) is 9.59 Å². The minimum Gasteiger partial charge on any atom is -0.497 e. The fourth-order valence-corrected chi connectivity index (χ4v) is 5.60. The van der Waals surface area contributed by atoms with Crippen LogP contribution in [0.15, 0.2) is 84.6 Å². The van der Waals surface area contributed by atoms with Crippen molar-refractivity contribution >= 4 is 29.3 Å². The molecular formula is C29H24ClF3N2O4. The van der Waals surface area contributed by atoms with E-state index in [-0.39, 0.29) is 40.6 Å². The molecule has 0 spiro atoms. The number of halogens is 4. The van der Waals surface area contributed by atoms with Gasteiger partial charge in [-0.25, -0.2) is 9.59 Å². The van der Waals surface area contributed by atoms with Crippen LogP contribution in [0.5, 0.6) is 5.75 Å². The number of esters is 1. The molecule has 0 saturated heterocycles. The van der Waals surface area contributed by atoms with Crippen LogP contribution >= 0.6 is 11.6 Å². The molecule has 2 amide bonds. The average Bonchev–Trinajstić information content (AvgIpc) is 3.30. The molecule has 2 atom stereocenters. The van der Waals surface area contributed by atoms with E-state index in [4.69, 9.17) is 21.1 Å². The van der Waals surface area contributed by atoms with Crippen LogP contribution in [0.4, 0.5) is 23.7 Å². The van der Waals surface area contributed by atoms with Gasteiger partial charge in [-0.2, -0.15) is 13.2 Å². The van der Waals surface area contributed by atoms with Crippen LogP contribution in [-0.2, 0) is 21.6 Å². The molecule has 0 bridgehead atoms. The molecule has 5 rings (SSSR count). The van der Waals surface area contributed by atoms with Crippen molar-refractivity contribution < 1.29 is 32.2 Å². The van der Waals surface area contributed by atoms with Crippen LogP contribution in [0, 0.1) is 0 Å². The first-order chi connectivity index (χ1) is 18.6. The molecule has 0 aliphatic carbocycles. The molecule has 10 heteroatoms. The minimum absolute atomic E-state index is 0.0273. The molecule has 39 heavy (non-hydrogen) atoms. The van der Waals surface area contributed by atoms with E-state index in [0.717, 1.165) is 6.20 Å². The van der Waals surface area contributed by atoms with E-state index in [0.29, 0.717) is 16.2 Å². The third kappa shape index (κ3) is 4.21. The Labute approximate surface area is 228 Å². The maximum atomic E-state index is 15.6.